The van der Waals surface area contributed by atoms with E-state index in [9.17, 15) is 14.4 Å². The average molecular weight is 330 g/mol. The van der Waals surface area contributed by atoms with Crippen LogP contribution in [0.25, 0.3) is 0 Å². The number of rotatable bonds is 9. The predicted molar refractivity (Wildman–Crippen MR) is 78.0 cm³/mol. The number of hydrogen-bond acceptors (Lipinski definition) is 4. The van der Waals surface area contributed by atoms with Crippen LogP contribution in [0.15, 0.2) is 24.3 Å². The molecule has 0 radical (unpaired) electrons. The lowest BCUT2D eigenvalue weighted by molar-refractivity contribution is -0.143. The average Bonchev–Trinajstić information content (AvgIpc) is 2.45. The van der Waals surface area contributed by atoms with Gasteiger partial charge in [0, 0.05) is 6.42 Å². The maximum Gasteiger partial charge on any atom is 0.326 e. The lowest BCUT2D eigenvalue weighted by Gasteiger charge is -2.14. The predicted octanol–water partition coefficient (Wildman–Crippen LogP) is 1.54. The van der Waals surface area contributed by atoms with E-state index in [4.69, 9.17) is 26.6 Å². The third-order valence-corrected chi connectivity index (χ3v) is 3.02. The Bertz CT molecular complexity index is 548. The first-order valence-electron chi connectivity index (χ1n) is 6.51. The molecular weight excluding hydrogens is 314 g/mol. The second kappa shape index (κ2) is 8.89. The summed E-state index contributed by atoms with van der Waals surface area (Å²) in [7, 11) is 0. The van der Waals surface area contributed by atoms with Crippen molar-refractivity contribution in [3.8, 4) is 5.75 Å². The minimum absolute atomic E-state index is 0.0286. The van der Waals surface area contributed by atoms with Gasteiger partial charge < -0.3 is 20.3 Å². The monoisotopic (exact) mass is 329 g/mol. The van der Waals surface area contributed by atoms with E-state index in [0.29, 0.717) is 10.8 Å². The fourth-order valence-electron chi connectivity index (χ4n) is 1.61. The zero-order chi connectivity index (χ0) is 16.5. The molecule has 1 aromatic rings. The number of carbonyl (C=O) groups excluding carboxylic acids is 1. The standard InChI is InChI=1S/C14H16ClNO6/c15-9-3-1-2-4-11(9)22-8-7-12(17)16-10(14(20)21)5-6-13(18)19/h1-4,10H,5-8H2,(H,16,17)(H,18,19)(H,20,21)/t10-/m0/s1. The lowest BCUT2D eigenvalue weighted by Crippen LogP contribution is -2.41. The van der Waals surface area contributed by atoms with Crippen LogP contribution >= 0.6 is 11.6 Å². The molecule has 3 N–H and O–H groups in total. The first-order chi connectivity index (χ1) is 10.4. The van der Waals surface area contributed by atoms with Gasteiger partial charge in [-0.25, -0.2) is 4.79 Å². The van der Waals surface area contributed by atoms with Crippen LogP contribution in [0.3, 0.4) is 0 Å². The van der Waals surface area contributed by atoms with Crippen LogP contribution in [0.4, 0.5) is 0 Å². The van der Waals surface area contributed by atoms with Crippen LogP contribution in [0.1, 0.15) is 19.3 Å². The number of hydrogen-bond donors (Lipinski definition) is 3. The molecule has 0 aliphatic rings. The Morgan fingerprint density at radius 3 is 2.45 bits per heavy atom. The molecule has 0 spiro atoms. The van der Waals surface area contributed by atoms with Crippen LogP contribution in [0, 0.1) is 0 Å². The molecule has 0 saturated heterocycles. The number of aliphatic carboxylic acids is 2. The van der Waals surface area contributed by atoms with Crippen molar-refractivity contribution in [3.63, 3.8) is 0 Å². The minimum atomic E-state index is -1.28. The Kier molecular flexibility index (Phi) is 7.18. The number of halogens is 1. The maximum atomic E-state index is 11.6. The van der Waals surface area contributed by atoms with Crippen LogP contribution in [0.5, 0.6) is 5.75 Å². The molecule has 0 aromatic heterocycles. The Balaban J connectivity index is 2.39. The van der Waals surface area contributed by atoms with Crippen molar-refractivity contribution in [1.29, 1.82) is 0 Å². The highest BCUT2D eigenvalue weighted by molar-refractivity contribution is 6.32. The normalized spacial score (nSPS) is 11.5. The van der Waals surface area contributed by atoms with Crippen LogP contribution in [0.2, 0.25) is 5.02 Å². The number of carboxylic acids is 2. The number of benzene rings is 1. The van der Waals surface area contributed by atoms with E-state index in [1.54, 1.807) is 24.3 Å². The number of carbonyl (C=O) groups is 3. The van der Waals surface area contributed by atoms with Crippen molar-refractivity contribution in [3.05, 3.63) is 29.3 Å². The largest absolute Gasteiger partial charge is 0.491 e. The van der Waals surface area contributed by atoms with Gasteiger partial charge in [-0.1, -0.05) is 23.7 Å². The van der Waals surface area contributed by atoms with Gasteiger partial charge >= 0.3 is 11.9 Å². The van der Waals surface area contributed by atoms with E-state index >= 15 is 0 Å². The summed E-state index contributed by atoms with van der Waals surface area (Å²) in [6, 6.07) is 5.52. The molecule has 22 heavy (non-hydrogen) atoms. The highest BCUT2D eigenvalue weighted by Gasteiger charge is 2.20. The molecule has 0 bridgehead atoms. The van der Waals surface area contributed by atoms with E-state index in [-0.39, 0.29) is 25.9 Å². The molecule has 0 heterocycles. The van der Waals surface area contributed by atoms with Crippen molar-refractivity contribution < 1.29 is 29.3 Å². The summed E-state index contributed by atoms with van der Waals surface area (Å²) in [5.41, 5.74) is 0. The lowest BCUT2D eigenvalue weighted by atomic mass is 10.1. The molecule has 1 atom stereocenters. The van der Waals surface area contributed by atoms with E-state index < -0.39 is 23.9 Å². The van der Waals surface area contributed by atoms with Crippen molar-refractivity contribution >= 4 is 29.4 Å². The van der Waals surface area contributed by atoms with Crippen molar-refractivity contribution in [1.82, 2.24) is 5.32 Å². The number of para-hydroxylation sites is 1. The second-order valence-corrected chi connectivity index (χ2v) is 4.83. The Morgan fingerprint density at radius 1 is 1.18 bits per heavy atom. The van der Waals surface area contributed by atoms with Gasteiger partial charge in [0.15, 0.2) is 0 Å². The topological polar surface area (TPSA) is 113 Å². The van der Waals surface area contributed by atoms with Gasteiger partial charge in [0.2, 0.25) is 5.91 Å². The fourth-order valence-corrected chi connectivity index (χ4v) is 1.80. The summed E-state index contributed by atoms with van der Waals surface area (Å²) in [4.78, 5) is 33.0. The van der Waals surface area contributed by atoms with E-state index in [2.05, 4.69) is 5.32 Å². The summed E-state index contributed by atoms with van der Waals surface area (Å²) in [5, 5.41) is 20.1. The van der Waals surface area contributed by atoms with Crippen molar-refractivity contribution in [2.75, 3.05) is 6.61 Å². The Hall–Kier alpha value is -2.28. The number of carboxylic acid groups (broad SMARTS) is 2. The summed E-state index contributed by atoms with van der Waals surface area (Å²) < 4.78 is 5.31. The summed E-state index contributed by atoms with van der Waals surface area (Å²) in [6.07, 6.45) is -0.586. The first kappa shape index (κ1) is 17.8. The van der Waals surface area contributed by atoms with Crippen molar-refractivity contribution in [2.45, 2.75) is 25.3 Å². The molecule has 0 aliphatic heterocycles. The molecule has 1 amide bonds. The molecule has 7 nitrogen and oxygen atoms in total. The van der Waals surface area contributed by atoms with Gasteiger partial charge in [0.25, 0.3) is 0 Å². The molecule has 0 unspecified atom stereocenters. The molecular formula is C14H16ClNO6. The Labute approximate surface area is 131 Å². The molecule has 0 saturated carbocycles. The first-order valence-corrected chi connectivity index (χ1v) is 6.89. The van der Waals surface area contributed by atoms with Gasteiger partial charge in [0.05, 0.1) is 18.1 Å². The van der Waals surface area contributed by atoms with Gasteiger partial charge in [-0.15, -0.1) is 0 Å². The zero-order valence-electron chi connectivity index (χ0n) is 11.6. The number of nitrogens with one attached hydrogen (secondary N) is 1. The third kappa shape index (κ3) is 6.45. The summed E-state index contributed by atoms with van der Waals surface area (Å²) >= 11 is 5.88. The van der Waals surface area contributed by atoms with Gasteiger partial charge in [0.1, 0.15) is 11.8 Å². The SMILES string of the molecule is O=C(O)CC[C@H](NC(=O)CCOc1ccccc1Cl)C(=O)O. The molecule has 0 fully saturated rings. The van der Waals surface area contributed by atoms with E-state index in [0.717, 1.165) is 0 Å². The zero-order valence-corrected chi connectivity index (χ0v) is 12.4. The minimum Gasteiger partial charge on any atom is -0.491 e. The highest BCUT2D eigenvalue weighted by atomic mass is 35.5. The fraction of sp³-hybridized carbons (Fsp3) is 0.357. The smallest absolute Gasteiger partial charge is 0.326 e. The third-order valence-electron chi connectivity index (χ3n) is 2.70. The van der Waals surface area contributed by atoms with Gasteiger partial charge in [-0.3, -0.25) is 9.59 Å². The molecule has 0 aliphatic carbocycles. The number of ether oxygens (including phenoxy) is 1. The van der Waals surface area contributed by atoms with Gasteiger partial charge in [-0.05, 0) is 18.6 Å². The summed E-state index contributed by atoms with van der Waals surface area (Å²) in [6.45, 7) is 0.0286. The molecule has 120 valence electrons. The Morgan fingerprint density at radius 2 is 1.86 bits per heavy atom. The van der Waals surface area contributed by atoms with Crippen LogP contribution in [-0.2, 0) is 14.4 Å². The van der Waals surface area contributed by atoms with E-state index in [1.165, 1.54) is 0 Å². The number of amides is 1. The van der Waals surface area contributed by atoms with Crippen molar-refractivity contribution in [2.24, 2.45) is 0 Å². The highest BCUT2D eigenvalue weighted by Crippen LogP contribution is 2.22. The van der Waals surface area contributed by atoms with Gasteiger partial charge in [-0.2, -0.15) is 0 Å². The maximum absolute atomic E-state index is 11.6. The molecule has 1 aromatic carbocycles. The van der Waals surface area contributed by atoms with Crippen LogP contribution in [-0.4, -0.2) is 40.7 Å². The molecule has 1 rings (SSSR count). The second-order valence-electron chi connectivity index (χ2n) is 4.42. The quantitative estimate of drug-likeness (QED) is 0.633. The van der Waals surface area contributed by atoms with Crippen LogP contribution < -0.4 is 10.1 Å². The molecule has 8 heteroatoms. The summed E-state index contributed by atoms with van der Waals surface area (Å²) in [5.74, 6) is -2.51. The van der Waals surface area contributed by atoms with E-state index in [1.807, 2.05) is 0 Å².